The normalized spacial score (nSPS) is 28.3. The van der Waals surface area contributed by atoms with E-state index in [4.69, 9.17) is 9.94 Å². The van der Waals surface area contributed by atoms with E-state index in [0.29, 0.717) is 19.8 Å². The van der Waals surface area contributed by atoms with Crippen LogP contribution in [0.15, 0.2) is 0 Å². The largest absolute Gasteiger partial charge is 0.376 e. The molecule has 0 bridgehead atoms. The summed E-state index contributed by atoms with van der Waals surface area (Å²) in [6.45, 7) is 1.55. The molecule has 9 heavy (non-hydrogen) atoms. The summed E-state index contributed by atoms with van der Waals surface area (Å²) in [5, 5.41) is 10.3. The number of halogens is 2. The van der Waals surface area contributed by atoms with Crippen molar-refractivity contribution in [2.75, 3.05) is 19.8 Å². The standard InChI is InChI=1S/C4H7Br2NO2/c5-4(6)3-9-2-1-7(4)8/h8H,1-3H2. The van der Waals surface area contributed by atoms with Gasteiger partial charge in [0.25, 0.3) is 0 Å². The molecule has 0 radical (unpaired) electrons. The monoisotopic (exact) mass is 259 g/mol. The SMILES string of the molecule is ON1CCOCC1(Br)Br. The molecule has 0 aromatic rings. The molecule has 0 aromatic carbocycles. The summed E-state index contributed by atoms with van der Waals surface area (Å²) in [7, 11) is 0. The van der Waals surface area contributed by atoms with Gasteiger partial charge in [-0.2, -0.15) is 5.06 Å². The lowest BCUT2D eigenvalue weighted by atomic mass is 10.5. The first-order valence-electron chi connectivity index (χ1n) is 2.55. The topological polar surface area (TPSA) is 32.7 Å². The molecule has 1 rings (SSSR count). The van der Waals surface area contributed by atoms with Gasteiger partial charge in [0.1, 0.15) is 0 Å². The van der Waals surface area contributed by atoms with Crippen LogP contribution in [-0.2, 0) is 4.74 Å². The van der Waals surface area contributed by atoms with E-state index in [-0.39, 0.29) is 0 Å². The van der Waals surface area contributed by atoms with Crippen LogP contribution in [0.25, 0.3) is 0 Å². The van der Waals surface area contributed by atoms with Crippen LogP contribution < -0.4 is 0 Å². The Morgan fingerprint density at radius 3 is 2.56 bits per heavy atom. The highest BCUT2D eigenvalue weighted by molar-refractivity contribution is 9.25. The van der Waals surface area contributed by atoms with Crippen molar-refractivity contribution in [3.05, 3.63) is 0 Å². The number of hydroxylamine groups is 2. The molecule has 1 saturated heterocycles. The van der Waals surface area contributed by atoms with E-state index < -0.39 is 3.36 Å². The number of rotatable bonds is 0. The molecule has 1 heterocycles. The second kappa shape index (κ2) is 2.84. The molecule has 0 aromatic heterocycles. The maximum absolute atomic E-state index is 9.10. The van der Waals surface area contributed by atoms with E-state index in [0.717, 1.165) is 5.06 Å². The maximum Gasteiger partial charge on any atom is 0.178 e. The first-order valence-corrected chi connectivity index (χ1v) is 4.13. The lowest BCUT2D eigenvalue weighted by Gasteiger charge is -2.33. The van der Waals surface area contributed by atoms with Gasteiger partial charge in [-0.1, -0.05) is 31.9 Å². The molecule has 0 unspecified atom stereocenters. The van der Waals surface area contributed by atoms with E-state index in [9.17, 15) is 0 Å². The highest BCUT2D eigenvalue weighted by Gasteiger charge is 2.33. The predicted octanol–water partition coefficient (Wildman–Crippen LogP) is 1.15. The Bertz CT molecular complexity index is 109. The van der Waals surface area contributed by atoms with E-state index in [2.05, 4.69) is 31.9 Å². The summed E-state index contributed by atoms with van der Waals surface area (Å²) >= 11 is 6.45. The third-order valence-corrected chi connectivity index (χ3v) is 2.38. The zero-order chi connectivity index (χ0) is 6.91. The number of morpholine rings is 1. The molecule has 1 fully saturated rings. The molecule has 0 aliphatic carbocycles. The molecule has 0 spiro atoms. The summed E-state index contributed by atoms with van der Waals surface area (Å²) in [5.41, 5.74) is 0. The molecule has 0 saturated carbocycles. The van der Waals surface area contributed by atoms with Crippen LogP contribution in [0, 0.1) is 0 Å². The minimum atomic E-state index is -0.571. The Kier molecular flexibility index (Phi) is 2.50. The first kappa shape index (κ1) is 7.94. The molecular formula is C4H7Br2NO2. The summed E-state index contributed by atoms with van der Waals surface area (Å²) < 4.78 is 4.49. The Morgan fingerprint density at radius 1 is 1.56 bits per heavy atom. The van der Waals surface area contributed by atoms with Crippen LogP contribution in [0.1, 0.15) is 0 Å². The van der Waals surface area contributed by atoms with Crippen molar-refractivity contribution in [2.24, 2.45) is 0 Å². The second-order valence-electron chi connectivity index (χ2n) is 1.84. The Hall–Kier alpha value is 0.840. The highest BCUT2D eigenvalue weighted by Crippen LogP contribution is 2.31. The number of hydrogen-bond acceptors (Lipinski definition) is 3. The molecule has 1 aliphatic rings. The van der Waals surface area contributed by atoms with Gasteiger partial charge in [-0.15, -0.1) is 0 Å². The minimum absolute atomic E-state index is 0.448. The second-order valence-corrected chi connectivity index (χ2v) is 5.53. The minimum Gasteiger partial charge on any atom is -0.376 e. The number of hydrogen-bond donors (Lipinski definition) is 1. The van der Waals surface area contributed by atoms with Gasteiger partial charge in [-0.25, -0.2) is 0 Å². The van der Waals surface area contributed by atoms with E-state index in [1.165, 1.54) is 0 Å². The van der Waals surface area contributed by atoms with Gasteiger partial charge in [-0.3, -0.25) is 0 Å². The summed E-state index contributed by atoms with van der Waals surface area (Å²) in [6, 6.07) is 0. The van der Waals surface area contributed by atoms with Gasteiger partial charge in [-0.05, 0) is 0 Å². The van der Waals surface area contributed by atoms with Crippen LogP contribution in [0.2, 0.25) is 0 Å². The molecule has 1 aliphatic heterocycles. The van der Waals surface area contributed by atoms with Crippen LogP contribution in [-0.4, -0.2) is 33.4 Å². The van der Waals surface area contributed by atoms with Crippen LogP contribution in [0.3, 0.4) is 0 Å². The zero-order valence-corrected chi connectivity index (χ0v) is 7.85. The Labute approximate surface area is 70.2 Å². The van der Waals surface area contributed by atoms with Crippen LogP contribution in [0.5, 0.6) is 0 Å². The summed E-state index contributed by atoms with van der Waals surface area (Å²) in [4.78, 5) is 0. The predicted molar refractivity (Wildman–Crippen MR) is 39.9 cm³/mol. The molecule has 54 valence electrons. The third kappa shape index (κ3) is 1.88. The smallest absolute Gasteiger partial charge is 0.178 e. The van der Waals surface area contributed by atoms with Gasteiger partial charge in [0, 0.05) is 6.54 Å². The number of alkyl halides is 2. The fourth-order valence-electron chi connectivity index (χ4n) is 0.584. The Morgan fingerprint density at radius 2 is 2.22 bits per heavy atom. The fourth-order valence-corrected chi connectivity index (χ4v) is 1.26. The molecule has 5 heteroatoms. The molecule has 0 amide bonds. The average molecular weight is 261 g/mol. The summed E-state index contributed by atoms with van der Waals surface area (Å²) in [5.74, 6) is 0. The van der Waals surface area contributed by atoms with Gasteiger partial charge < -0.3 is 9.94 Å². The Balaban J connectivity index is 2.49. The first-order chi connectivity index (χ1) is 4.13. The average Bonchev–Trinajstić information content (AvgIpc) is 1.77. The molecular weight excluding hydrogens is 254 g/mol. The lowest BCUT2D eigenvalue weighted by Crippen LogP contribution is -2.46. The van der Waals surface area contributed by atoms with Crippen molar-refractivity contribution in [1.29, 1.82) is 0 Å². The van der Waals surface area contributed by atoms with Crippen molar-refractivity contribution in [3.8, 4) is 0 Å². The summed E-state index contributed by atoms with van der Waals surface area (Å²) in [6.07, 6.45) is 0. The quantitative estimate of drug-likeness (QED) is 0.524. The van der Waals surface area contributed by atoms with Gasteiger partial charge >= 0.3 is 0 Å². The van der Waals surface area contributed by atoms with Crippen LogP contribution in [0.4, 0.5) is 0 Å². The molecule has 0 atom stereocenters. The van der Waals surface area contributed by atoms with Gasteiger partial charge in [0.15, 0.2) is 3.36 Å². The van der Waals surface area contributed by atoms with E-state index in [1.807, 2.05) is 0 Å². The fraction of sp³-hybridized carbons (Fsp3) is 1.00. The van der Waals surface area contributed by atoms with Crippen molar-refractivity contribution < 1.29 is 9.94 Å². The maximum atomic E-state index is 9.10. The number of ether oxygens (including phenoxy) is 1. The van der Waals surface area contributed by atoms with E-state index >= 15 is 0 Å². The van der Waals surface area contributed by atoms with Gasteiger partial charge in [0.2, 0.25) is 0 Å². The lowest BCUT2D eigenvalue weighted by molar-refractivity contribution is -0.161. The van der Waals surface area contributed by atoms with E-state index in [1.54, 1.807) is 0 Å². The van der Waals surface area contributed by atoms with Crippen molar-refractivity contribution in [3.63, 3.8) is 0 Å². The molecule has 3 nitrogen and oxygen atoms in total. The van der Waals surface area contributed by atoms with Crippen molar-refractivity contribution in [2.45, 2.75) is 3.36 Å². The van der Waals surface area contributed by atoms with Crippen molar-refractivity contribution in [1.82, 2.24) is 5.06 Å². The highest BCUT2D eigenvalue weighted by atomic mass is 79.9. The van der Waals surface area contributed by atoms with Crippen molar-refractivity contribution >= 4 is 31.9 Å². The van der Waals surface area contributed by atoms with Crippen LogP contribution >= 0.6 is 31.9 Å². The third-order valence-electron chi connectivity index (χ3n) is 1.10. The number of nitrogens with zero attached hydrogens (tertiary/aromatic N) is 1. The van der Waals surface area contributed by atoms with Gasteiger partial charge in [0.05, 0.1) is 13.2 Å². The molecule has 1 N–H and O–H groups in total. The zero-order valence-electron chi connectivity index (χ0n) is 4.68.